The first kappa shape index (κ1) is 15.7. The molecule has 0 aliphatic heterocycles. The van der Waals surface area contributed by atoms with Crippen molar-refractivity contribution in [2.24, 2.45) is 11.8 Å². The number of ether oxygens (including phenoxy) is 2. The molecule has 0 spiro atoms. The van der Waals surface area contributed by atoms with Crippen LogP contribution in [0.2, 0.25) is 0 Å². The molecule has 0 saturated heterocycles. The van der Waals surface area contributed by atoms with Crippen molar-refractivity contribution in [3.63, 3.8) is 0 Å². The molecule has 1 saturated carbocycles. The zero-order valence-corrected chi connectivity index (χ0v) is 11.7. The van der Waals surface area contributed by atoms with Crippen LogP contribution in [0.15, 0.2) is 24.3 Å². The van der Waals surface area contributed by atoms with Crippen molar-refractivity contribution in [2.45, 2.75) is 32.0 Å². The predicted molar refractivity (Wildman–Crippen MR) is 69.7 cm³/mol. The number of rotatable bonds is 5. The van der Waals surface area contributed by atoms with E-state index in [0.29, 0.717) is 5.75 Å². The molecule has 3 nitrogen and oxygen atoms in total. The van der Waals surface area contributed by atoms with Gasteiger partial charge in [0.15, 0.2) is 0 Å². The Morgan fingerprint density at radius 3 is 2.38 bits per heavy atom. The molecule has 1 fully saturated rings. The maximum Gasteiger partial charge on any atom is 0.389 e. The Hall–Kier alpha value is -1.72. The first-order valence-corrected chi connectivity index (χ1v) is 6.73. The molecule has 0 aromatic heterocycles. The molecular formula is C15H17F3O3. The fraction of sp³-hybridized carbons (Fsp3) is 0.533. The molecule has 1 aromatic rings. The minimum absolute atomic E-state index is 0.128. The van der Waals surface area contributed by atoms with Crippen LogP contribution in [-0.4, -0.2) is 19.3 Å². The second-order valence-electron chi connectivity index (χ2n) is 5.31. The van der Waals surface area contributed by atoms with Crippen LogP contribution >= 0.6 is 0 Å². The van der Waals surface area contributed by atoms with Crippen LogP contribution in [0.25, 0.3) is 0 Å². The van der Waals surface area contributed by atoms with Crippen molar-refractivity contribution in [3.8, 4) is 5.75 Å². The molecule has 0 unspecified atom stereocenters. The Morgan fingerprint density at radius 1 is 1.24 bits per heavy atom. The quantitative estimate of drug-likeness (QED) is 0.778. The van der Waals surface area contributed by atoms with Crippen LogP contribution in [0.3, 0.4) is 0 Å². The molecule has 0 amide bonds. The highest BCUT2D eigenvalue weighted by atomic mass is 19.4. The SMILES string of the molecule is COc1ccc(COC(=O)C2CC(CC(F)(F)F)C2)cc1. The van der Waals surface area contributed by atoms with E-state index in [1.165, 1.54) is 0 Å². The number of methoxy groups -OCH3 is 1. The minimum atomic E-state index is -4.15. The number of hydrogen-bond acceptors (Lipinski definition) is 3. The molecule has 116 valence electrons. The first-order valence-electron chi connectivity index (χ1n) is 6.73. The van der Waals surface area contributed by atoms with Gasteiger partial charge in [-0.25, -0.2) is 0 Å². The first-order chi connectivity index (χ1) is 9.87. The van der Waals surface area contributed by atoms with Gasteiger partial charge in [0, 0.05) is 6.42 Å². The number of carbonyl (C=O) groups is 1. The Bertz CT molecular complexity index is 476. The molecule has 1 aliphatic carbocycles. The van der Waals surface area contributed by atoms with Gasteiger partial charge in [0.05, 0.1) is 13.0 Å². The van der Waals surface area contributed by atoms with Gasteiger partial charge in [0.25, 0.3) is 0 Å². The van der Waals surface area contributed by atoms with Crippen molar-refractivity contribution < 1.29 is 27.4 Å². The highest BCUT2D eigenvalue weighted by Gasteiger charge is 2.42. The standard InChI is InChI=1S/C15H17F3O3/c1-20-13-4-2-10(3-5-13)9-21-14(19)12-6-11(7-12)8-15(16,17)18/h2-5,11-12H,6-9H2,1H3. The van der Waals surface area contributed by atoms with Gasteiger partial charge < -0.3 is 9.47 Å². The Labute approximate surface area is 121 Å². The van der Waals surface area contributed by atoms with E-state index in [9.17, 15) is 18.0 Å². The van der Waals surface area contributed by atoms with Crippen molar-refractivity contribution >= 4 is 5.97 Å². The number of alkyl halides is 3. The van der Waals surface area contributed by atoms with E-state index in [4.69, 9.17) is 9.47 Å². The Kier molecular flexibility index (Phi) is 4.75. The van der Waals surface area contributed by atoms with E-state index in [2.05, 4.69) is 0 Å². The van der Waals surface area contributed by atoms with Crippen molar-refractivity contribution in [3.05, 3.63) is 29.8 Å². The van der Waals surface area contributed by atoms with Crippen molar-refractivity contribution in [1.29, 1.82) is 0 Å². The van der Waals surface area contributed by atoms with E-state index in [-0.39, 0.29) is 19.4 Å². The average molecular weight is 302 g/mol. The van der Waals surface area contributed by atoms with Gasteiger partial charge in [-0.1, -0.05) is 12.1 Å². The van der Waals surface area contributed by atoms with E-state index in [0.717, 1.165) is 5.56 Å². The predicted octanol–water partition coefficient (Wildman–Crippen LogP) is 3.72. The number of halogens is 3. The fourth-order valence-corrected chi connectivity index (χ4v) is 2.42. The molecule has 0 heterocycles. The topological polar surface area (TPSA) is 35.5 Å². The van der Waals surface area contributed by atoms with Crippen LogP contribution in [0, 0.1) is 11.8 Å². The molecular weight excluding hydrogens is 285 g/mol. The Balaban J connectivity index is 1.71. The molecule has 2 rings (SSSR count). The summed E-state index contributed by atoms with van der Waals surface area (Å²) in [6.07, 6.45) is -4.43. The van der Waals surface area contributed by atoms with E-state index >= 15 is 0 Å². The largest absolute Gasteiger partial charge is 0.497 e. The number of benzene rings is 1. The van der Waals surface area contributed by atoms with E-state index < -0.39 is 30.4 Å². The van der Waals surface area contributed by atoms with Gasteiger partial charge in [0.1, 0.15) is 12.4 Å². The Morgan fingerprint density at radius 2 is 1.86 bits per heavy atom. The molecule has 0 N–H and O–H groups in total. The van der Waals surface area contributed by atoms with Crippen LogP contribution in [0.1, 0.15) is 24.8 Å². The second kappa shape index (κ2) is 6.37. The smallest absolute Gasteiger partial charge is 0.389 e. The number of carbonyl (C=O) groups excluding carboxylic acids is 1. The van der Waals surface area contributed by atoms with E-state index in [1.54, 1.807) is 31.4 Å². The maximum atomic E-state index is 12.2. The van der Waals surface area contributed by atoms with Crippen molar-refractivity contribution in [2.75, 3.05) is 7.11 Å². The van der Waals surface area contributed by atoms with Gasteiger partial charge in [-0.3, -0.25) is 4.79 Å². The fourth-order valence-electron chi connectivity index (χ4n) is 2.42. The molecule has 0 radical (unpaired) electrons. The van der Waals surface area contributed by atoms with Gasteiger partial charge in [-0.2, -0.15) is 13.2 Å². The van der Waals surface area contributed by atoms with Gasteiger partial charge in [-0.05, 0) is 36.5 Å². The average Bonchev–Trinajstić information content (AvgIpc) is 2.39. The molecule has 1 aliphatic rings. The zero-order valence-electron chi connectivity index (χ0n) is 11.7. The third-order valence-corrected chi connectivity index (χ3v) is 3.63. The van der Waals surface area contributed by atoms with E-state index in [1.807, 2.05) is 0 Å². The summed E-state index contributed by atoms with van der Waals surface area (Å²) in [6, 6.07) is 7.07. The second-order valence-corrected chi connectivity index (χ2v) is 5.31. The van der Waals surface area contributed by atoms with Crippen LogP contribution in [-0.2, 0) is 16.1 Å². The summed E-state index contributed by atoms with van der Waals surface area (Å²) >= 11 is 0. The molecule has 6 heteroatoms. The van der Waals surface area contributed by atoms with Gasteiger partial charge in [0.2, 0.25) is 0 Å². The normalized spacial score (nSPS) is 21.5. The lowest BCUT2D eigenvalue weighted by Gasteiger charge is -2.33. The lowest BCUT2D eigenvalue weighted by Crippen LogP contribution is -2.34. The molecule has 0 atom stereocenters. The summed E-state index contributed by atoms with van der Waals surface area (Å²) in [5.41, 5.74) is 0.815. The summed E-state index contributed by atoms with van der Waals surface area (Å²) < 4.78 is 46.6. The minimum Gasteiger partial charge on any atom is -0.497 e. The van der Waals surface area contributed by atoms with Crippen LogP contribution in [0.4, 0.5) is 13.2 Å². The summed E-state index contributed by atoms with van der Waals surface area (Å²) in [4.78, 5) is 11.7. The highest BCUT2D eigenvalue weighted by Crippen LogP contribution is 2.41. The maximum absolute atomic E-state index is 12.2. The van der Waals surface area contributed by atoms with Crippen LogP contribution < -0.4 is 4.74 Å². The molecule has 1 aromatic carbocycles. The summed E-state index contributed by atoms with van der Waals surface area (Å²) in [7, 11) is 1.56. The number of hydrogen-bond donors (Lipinski definition) is 0. The van der Waals surface area contributed by atoms with Crippen molar-refractivity contribution in [1.82, 2.24) is 0 Å². The third kappa shape index (κ3) is 4.65. The monoisotopic (exact) mass is 302 g/mol. The summed E-state index contributed by atoms with van der Waals surface area (Å²) in [6.45, 7) is 0.128. The molecule has 21 heavy (non-hydrogen) atoms. The summed E-state index contributed by atoms with van der Waals surface area (Å²) in [5.74, 6) is -0.539. The number of esters is 1. The lowest BCUT2D eigenvalue weighted by atomic mass is 9.73. The lowest BCUT2D eigenvalue weighted by molar-refractivity contribution is -0.168. The van der Waals surface area contributed by atoms with Gasteiger partial charge in [-0.15, -0.1) is 0 Å². The van der Waals surface area contributed by atoms with Crippen LogP contribution in [0.5, 0.6) is 5.75 Å². The van der Waals surface area contributed by atoms with Gasteiger partial charge >= 0.3 is 12.1 Å². The highest BCUT2D eigenvalue weighted by molar-refractivity contribution is 5.73. The summed E-state index contributed by atoms with van der Waals surface area (Å²) in [5, 5.41) is 0. The third-order valence-electron chi connectivity index (χ3n) is 3.63. The zero-order chi connectivity index (χ0) is 15.5. The molecule has 0 bridgehead atoms.